The third-order valence-corrected chi connectivity index (χ3v) is 5.88. The molecule has 2 aliphatic heterocycles. The average Bonchev–Trinajstić information content (AvgIpc) is 3.28. The molecule has 0 aromatic carbocycles. The Hall–Kier alpha value is -0.780. The van der Waals surface area contributed by atoms with Gasteiger partial charge in [0.15, 0.2) is 18.9 Å². The Bertz CT molecular complexity index is 605. The summed E-state index contributed by atoms with van der Waals surface area (Å²) in [4.78, 5) is 0.434. The van der Waals surface area contributed by atoms with Crippen LogP contribution in [0.2, 0.25) is 0 Å². The number of hydrogen-bond acceptors (Lipinski definition) is 13. The first-order chi connectivity index (χ1) is 14.3. The van der Waals surface area contributed by atoms with Gasteiger partial charge in [-0.3, -0.25) is 0 Å². The summed E-state index contributed by atoms with van der Waals surface area (Å²) in [7, 11) is 0. The van der Waals surface area contributed by atoms with E-state index in [4.69, 9.17) is 18.9 Å². The fourth-order valence-electron chi connectivity index (χ4n) is 3.19. The molecule has 0 amide bonds. The maximum Gasteiger partial charge on any atom is 0.199 e. The van der Waals surface area contributed by atoms with Gasteiger partial charge >= 0.3 is 0 Å². The second-order valence-corrected chi connectivity index (χ2v) is 7.99. The number of hydrogen-bond donors (Lipinski definition) is 8. The van der Waals surface area contributed by atoms with Gasteiger partial charge in [-0.1, -0.05) is 6.07 Å². The molecule has 0 spiro atoms. The molecule has 3 rings (SSSR count). The van der Waals surface area contributed by atoms with Gasteiger partial charge in [-0.2, -0.15) is 0 Å². The Morgan fingerprint density at radius 1 is 0.767 bits per heavy atom. The van der Waals surface area contributed by atoms with Crippen LogP contribution in [0.5, 0.6) is 0 Å². The summed E-state index contributed by atoms with van der Waals surface area (Å²) < 4.78 is 21.9. The molecule has 10 atom stereocenters. The zero-order valence-corrected chi connectivity index (χ0v) is 16.4. The Morgan fingerprint density at radius 3 is 1.60 bits per heavy atom. The molecule has 30 heavy (non-hydrogen) atoms. The van der Waals surface area contributed by atoms with Crippen molar-refractivity contribution in [3.63, 3.8) is 0 Å². The Balaban J connectivity index is 1.77. The molecule has 1 aromatic rings. The number of aliphatic hydroxyl groups excluding tert-OH is 8. The van der Waals surface area contributed by atoms with E-state index < -0.39 is 80.9 Å². The molecule has 0 aliphatic carbocycles. The van der Waals surface area contributed by atoms with E-state index in [1.165, 1.54) is 11.3 Å². The lowest BCUT2D eigenvalue weighted by Gasteiger charge is -2.43. The van der Waals surface area contributed by atoms with Gasteiger partial charge in [-0.05, 0) is 11.4 Å². The number of aliphatic hydroxyl groups is 8. The highest BCUT2D eigenvalue weighted by Crippen LogP contribution is 2.33. The molecule has 0 saturated carbocycles. The van der Waals surface area contributed by atoms with Crippen molar-refractivity contribution in [3.8, 4) is 0 Å². The van der Waals surface area contributed by atoms with Crippen molar-refractivity contribution in [1.29, 1.82) is 0 Å². The minimum absolute atomic E-state index is 0.434. The van der Waals surface area contributed by atoms with Crippen molar-refractivity contribution < 1.29 is 59.8 Å². The van der Waals surface area contributed by atoms with E-state index in [0.717, 1.165) is 0 Å². The van der Waals surface area contributed by atoms with Gasteiger partial charge in [0, 0.05) is 0 Å². The van der Waals surface area contributed by atoms with Gasteiger partial charge < -0.3 is 59.8 Å². The van der Waals surface area contributed by atoms with E-state index >= 15 is 0 Å². The predicted octanol–water partition coefficient (Wildman–Crippen LogP) is -3.62. The molecule has 2 saturated heterocycles. The largest absolute Gasteiger partial charge is 0.394 e. The smallest absolute Gasteiger partial charge is 0.199 e. The maximum absolute atomic E-state index is 10.2. The fourth-order valence-corrected chi connectivity index (χ4v) is 3.89. The molecule has 0 bridgehead atoms. The van der Waals surface area contributed by atoms with Crippen LogP contribution < -0.4 is 0 Å². The first-order valence-corrected chi connectivity index (χ1v) is 10.1. The first-order valence-electron chi connectivity index (χ1n) is 9.23. The zero-order valence-electron chi connectivity index (χ0n) is 15.6. The summed E-state index contributed by atoms with van der Waals surface area (Å²) in [5.41, 5.74) is 0. The van der Waals surface area contributed by atoms with Crippen molar-refractivity contribution in [2.24, 2.45) is 0 Å². The van der Waals surface area contributed by atoms with Crippen molar-refractivity contribution in [1.82, 2.24) is 0 Å². The Kier molecular flexibility index (Phi) is 8.14. The SMILES string of the molecule is OC[C@H]1OC(OC(OC2O[C@H](CO)[C@@H](O)[C@H](O)[C@H]2O)c2cccs2)[C@H](O)[C@@H](O)[C@@H]1O. The molecule has 3 heterocycles. The third-order valence-electron chi connectivity index (χ3n) is 4.99. The van der Waals surface area contributed by atoms with Crippen LogP contribution in [0.4, 0.5) is 0 Å². The lowest BCUT2D eigenvalue weighted by Crippen LogP contribution is -2.60. The first kappa shape index (κ1) is 23.9. The summed E-state index contributed by atoms with van der Waals surface area (Å²) in [6.45, 7) is -1.30. The molecule has 0 radical (unpaired) electrons. The van der Waals surface area contributed by atoms with Crippen LogP contribution in [0.25, 0.3) is 0 Å². The minimum atomic E-state index is -1.69. The molecular formula is C17H26O12S. The van der Waals surface area contributed by atoms with E-state index in [1.54, 1.807) is 17.5 Å². The summed E-state index contributed by atoms with van der Waals surface area (Å²) in [6.07, 6.45) is -16.7. The van der Waals surface area contributed by atoms with Crippen molar-refractivity contribution in [2.75, 3.05) is 13.2 Å². The van der Waals surface area contributed by atoms with E-state index in [2.05, 4.69) is 0 Å². The van der Waals surface area contributed by atoms with Crippen molar-refractivity contribution in [2.45, 2.75) is 67.7 Å². The quantitative estimate of drug-likeness (QED) is 0.188. The Morgan fingerprint density at radius 2 is 1.23 bits per heavy atom. The number of ether oxygens (including phenoxy) is 4. The fraction of sp³-hybridized carbons (Fsp3) is 0.765. The topological polar surface area (TPSA) is 199 Å². The maximum atomic E-state index is 10.2. The summed E-state index contributed by atoms with van der Waals surface area (Å²) >= 11 is 1.18. The highest BCUT2D eigenvalue weighted by Gasteiger charge is 2.48. The van der Waals surface area contributed by atoms with Crippen LogP contribution in [0.15, 0.2) is 17.5 Å². The number of rotatable bonds is 7. The van der Waals surface area contributed by atoms with Crippen LogP contribution in [0, 0.1) is 0 Å². The van der Waals surface area contributed by atoms with Gasteiger partial charge in [0.25, 0.3) is 0 Å². The number of thiophene rings is 1. The van der Waals surface area contributed by atoms with Crippen LogP contribution in [-0.4, -0.2) is 115 Å². The average molecular weight is 454 g/mol. The summed E-state index contributed by atoms with van der Waals surface area (Å²) in [5.74, 6) is 0. The van der Waals surface area contributed by atoms with Gasteiger partial charge in [0.05, 0.1) is 18.1 Å². The highest BCUT2D eigenvalue weighted by molar-refractivity contribution is 7.10. The lowest BCUT2D eigenvalue weighted by atomic mass is 9.99. The highest BCUT2D eigenvalue weighted by atomic mass is 32.1. The van der Waals surface area contributed by atoms with Crippen molar-refractivity contribution >= 4 is 11.3 Å². The third kappa shape index (κ3) is 4.83. The molecule has 2 fully saturated rings. The van der Waals surface area contributed by atoms with Crippen LogP contribution >= 0.6 is 11.3 Å². The molecule has 2 unspecified atom stereocenters. The molecule has 172 valence electrons. The standard InChI is InChI=1S/C17H26O12S/c18-4-6-9(20)11(22)13(24)16(26-6)28-15(8-2-1-3-30-8)29-17-14(25)12(23)10(21)7(5-19)27-17/h1-3,6-7,9-25H,4-5H2/t6-,7-,9-,10-,11+,12+,13-,14-,15?,16?,17?/m1/s1. The van der Waals surface area contributed by atoms with Gasteiger partial charge in [-0.25, -0.2) is 0 Å². The van der Waals surface area contributed by atoms with Gasteiger partial charge in [0.1, 0.15) is 48.8 Å². The molecule has 8 N–H and O–H groups in total. The Labute approximate surface area is 175 Å². The predicted molar refractivity (Wildman–Crippen MR) is 96.8 cm³/mol. The molecule has 1 aromatic heterocycles. The van der Waals surface area contributed by atoms with E-state index in [0.29, 0.717) is 4.88 Å². The van der Waals surface area contributed by atoms with Crippen LogP contribution in [-0.2, 0) is 18.9 Å². The molecule has 13 heteroatoms. The second-order valence-electron chi connectivity index (χ2n) is 7.01. The summed E-state index contributed by atoms with van der Waals surface area (Å²) in [6, 6.07) is 3.27. The zero-order chi connectivity index (χ0) is 22.0. The van der Waals surface area contributed by atoms with E-state index in [-0.39, 0.29) is 0 Å². The monoisotopic (exact) mass is 454 g/mol. The molecule has 2 aliphatic rings. The minimum Gasteiger partial charge on any atom is -0.394 e. The van der Waals surface area contributed by atoms with Crippen LogP contribution in [0.3, 0.4) is 0 Å². The van der Waals surface area contributed by atoms with Gasteiger partial charge in [-0.15, -0.1) is 11.3 Å². The molecule has 12 nitrogen and oxygen atoms in total. The van der Waals surface area contributed by atoms with Gasteiger partial charge in [0.2, 0.25) is 0 Å². The van der Waals surface area contributed by atoms with E-state index in [1.807, 2.05) is 0 Å². The molecular weight excluding hydrogens is 428 g/mol. The van der Waals surface area contributed by atoms with E-state index in [9.17, 15) is 40.9 Å². The normalized spacial score (nSPS) is 43.5. The summed E-state index contributed by atoms with van der Waals surface area (Å²) in [5, 5.41) is 80.4. The van der Waals surface area contributed by atoms with Crippen LogP contribution in [0.1, 0.15) is 11.2 Å². The lowest BCUT2D eigenvalue weighted by molar-refractivity contribution is -0.380. The second kappa shape index (κ2) is 10.2. The van der Waals surface area contributed by atoms with Crippen molar-refractivity contribution in [3.05, 3.63) is 22.4 Å².